The van der Waals surface area contributed by atoms with Crippen molar-refractivity contribution in [3.8, 4) is 0 Å². The quantitative estimate of drug-likeness (QED) is 0.473. The molecule has 0 radical (unpaired) electrons. The van der Waals surface area contributed by atoms with Crippen LogP contribution < -0.4 is 0 Å². The summed E-state index contributed by atoms with van der Waals surface area (Å²) in [6.07, 6.45) is 6.96. The van der Waals surface area contributed by atoms with Crippen LogP contribution in [0.1, 0.15) is 58.9 Å². The molecule has 0 spiro atoms. The largest absolute Gasteiger partial charge is 0.132 e. The Labute approximate surface area is 141 Å². The average Bonchev–Trinajstić information content (AvgIpc) is 2.94. The molecule has 1 saturated carbocycles. The molecule has 3 heteroatoms. The van der Waals surface area contributed by atoms with Crippen LogP contribution in [0.3, 0.4) is 0 Å². The molecule has 0 N–H and O–H groups in total. The van der Waals surface area contributed by atoms with Gasteiger partial charge in [-0.25, -0.2) is 0 Å². The van der Waals surface area contributed by atoms with Crippen LogP contribution in [-0.2, 0) is 0 Å². The van der Waals surface area contributed by atoms with Crippen LogP contribution in [0.25, 0.3) is 0 Å². The van der Waals surface area contributed by atoms with Crippen molar-refractivity contribution in [2.45, 2.75) is 42.8 Å². The van der Waals surface area contributed by atoms with Crippen LogP contribution in [-0.4, -0.2) is 0 Å². The first-order valence-corrected chi connectivity index (χ1v) is 9.76. The van der Waals surface area contributed by atoms with Crippen molar-refractivity contribution in [3.63, 3.8) is 0 Å². The Bertz CT molecular complexity index is 553. The van der Waals surface area contributed by atoms with Gasteiger partial charge in [-0.1, -0.05) is 59.5 Å². The lowest BCUT2D eigenvalue weighted by Gasteiger charge is -2.22. The van der Waals surface area contributed by atoms with Crippen molar-refractivity contribution >= 4 is 43.2 Å². The summed E-state index contributed by atoms with van der Waals surface area (Å²) in [6.45, 7) is 0. The molecule has 1 aliphatic rings. The van der Waals surface area contributed by atoms with Crippen molar-refractivity contribution in [2.24, 2.45) is 0 Å². The number of hydrogen-bond donors (Lipinski definition) is 0. The first-order chi connectivity index (χ1) is 9.74. The number of halogens is 2. The molecule has 0 bridgehead atoms. The molecule has 106 valence electrons. The Kier molecular flexibility index (Phi) is 5.00. The SMILES string of the molecule is Brc1ccc(C(Br)c2ccc(C3CCCCC3)cc2)s1. The van der Waals surface area contributed by atoms with E-state index in [4.69, 9.17) is 0 Å². The van der Waals surface area contributed by atoms with Crippen LogP contribution >= 0.6 is 43.2 Å². The number of thiophene rings is 1. The Hall–Kier alpha value is -0.120. The Morgan fingerprint density at radius 2 is 1.65 bits per heavy atom. The molecule has 1 aromatic heterocycles. The third-order valence-corrected chi connectivity index (χ3v) is 7.16. The van der Waals surface area contributed by atoms with E-state index in [0.717, 1.165) is 5.92 Å². The van der Waals surface area contributed by atoms with Crippen molar-refractivity contribution in [3.05, 3.63) is 56.2 Å². The van der Waals surface area contributed by atoms with E-state index in [1.54, 1.807) is 11.3 Å². The second-order valence-electron chi connectivity index (χ2n) is 5.51. The summed E-state index contributed by atoms with van der Waals surface area (Å²) in [5, 5.41) is 0. The molecule has 1 heterocycles. The fraction of sp³-hybridized carbons (Fsp3) is 0.412. The predicted molar refractivity (Wildman–Crippen MR) is 95.1 cm³/mol. The van der Waals surface area contributed by atoms with E-state index >= 15 is 0 Å². The molecule has 1 fully saturated rings. The van der Waals surface area contributed by atoms with Crippen LogP contribution in [0, 0.1) is 0 Å². The topological polar surface area (TPSA) is 0 Å². The van der Waals surface area contributed by atoms with E-state index in [0.29, 0.717) is 4.83 Å². The standard InChI is InChI=1S/C17H18Br2S/c18-16-11-10-15(20-16)17(19)14-8-6-13(7-9-14)12-4-2-1-3-5-12/h6-12,17H,1-5H2. The maximum absolute atomic E-state index is 3.82. The van der Waals surface area contributed by atoms with Gasteiger partial charge in [0.15, 0.2) is 0 Å². The van der Waals surface area contributed by atoms with Gasteiger partial charge in [0, 0.05) is 4.88 Å². The van der Waals surface area contributed by atoms with Gasteiger partial charge in [0.05, 0.1) is 8.61 Å². The van der Waals surface area contributed by atoms with Crippen LogP contribution in [0.4, 0.5) is 0 Å². The van der Waals surface area contributed by atoms with E-state index in [1.165, 1.54) is 51.9 Å². The van der Waals surface area contributed by atoms with Crippen molar-refractivity contribution in [1.29, 1.82) is 0 Å². The van der Waals surface area contributed by atoms with E-state index in [9.17, 15) is 0 Å². The Morgan fingerprint density at radius 3 is 2.25 bits per heavy atom. The highest BCUT2D eigenvalue weighted by molar-refractivity contribution is 9.11. The van der Waals surface area contributed by atoms with Gasteiger partial charge in [0.25, 0.3) is 0 Å². The van der Waals surface area contributed by atoms with Gasteiger partial charge < -0.3 is 0 Å². The summed E-state index contributed by atoms with van der Waals surface area (Å²) in [4.78, 5) is 1.65. The molecule has 1 aromatic carbocycles. The van der Waals surface area contributed by atoms with Gasteiger partial charge in [-0.15, -0.1) is 11.3 Å². The molecule has 1 atom stereocenters. The molecule has 1 unspecified atom stereocenters. The summed E-state index contributed by atoms with van der Waals surface area (Å²) in [7, 11) is 0. The minimum Gasteiger partial charge on any atom is -0.132 e. The number of alkyl halides is 1. The highest BCUT2D eigenvalue weighted by atomic mass is 79.9. The summed E-state index contributed by atoms with van der Waals surface area (Å²) in [6, 6.07) is 13.5. The number of rotatable bonds is 3. The zero-order chi connectivity index (χ0) is 13.9. The van der Waals surface area contributed by atoms with E-state index in [-0.39, 0.29) is 0 Å². The van der Waals surface area contributed by atoms with E-state index in [2.05, 4.69) is 68.3 Å². The lowest BCUT2D eigenvalue weighted by atomic mass is 9.84. The third-order valence-electron chi connectivity index (χ3n) is 4.15. The third kappa shape index (κ3) is 3.37. The molecule has 0 saturated heterocycles. The van der Waals surface area contributed by atoms with Crippen molar-refractivity contribution < 1.29 is 0 Å². The summed E-state index contributed by atoms with van der Waals surface area (Å²) in [5.74, 6) is 0.794. The summed E-state index contributed by atoms with van der Waals surface area (Å²) >= 11 is 9.14. The lowest BCUT2D eigenvalue weighted by molar-refractivity contribution is 0.443. The molecular formula is C17H18Br2S. The minimum atomic E-state index is 0.305. The summed E-state index contributed by atoms with van der Waals surface area (Å²) < 4.78 is 1.19. The zero-order valence-electron chi connectivity index (χ0n) is 11.3. The first-order valence-electron chi connectivity index (χ1n) is 7.23. The van der Waals surface area contributed by atoms with Crippen LogP contribution in [0.15, 0.2) is 40.2 Å². The normalized spacial score (nSPS) is 18.1. The molecule has 0 nitrogen and oxygen atoms in total. The van der Waals surface area contributed by atoms with Gasteiger partial charge >= 0.3 is 0 Å². The summed E-state index contributed by atoms with van der Waals surface area (Å²) in [5.41, 5.74) is 2.87. The van der Waals surface area contributed by atoms with Gasteiger partial charge in [-0.2, -0.15) is 0 Å². The highest BCUT2D eigenvalue weighted by Gasteiger charge is 2.17. The second kappa shape index (κ2) is 6.76. The van der Waals surface area contributed by atoms with Gasteiger partial charge in [-0.3, -0.25) is 0 Å². The molecule has 0 aliphatic heterocycles. The van der Waals surface area contributed by atoms with Crippen LogP contribution in [0.5, 0.6) is 0 Å². The Morgan fingerprint density at radius 1 is 0.950 bits per heavy atom. The zero-order valence-corrected chi connectivity index (χ0v) is 15.3. The molecule has 1 aliphatic carbocycles. The molecule has 3 rings (SSSR count). The van der Waals surface area contributed by atoms with Crippen LogP contribution in [0.2, 0.25) is 0 Å². The average molecular weight is 414 g/mol. The van der Waals surface area contributed by atoms with Gasteiger partial charge in [0.2, 0.25) is 0 Å². The Balaban J connectivity index is 1.75. The first kappa shape index (κ1) is 14.8. The molecule has 2 aromatic rings. The fourth-order valence-electron chi connectivity index (χ4n) is 3.00. The van der Waals surface area contributed by atoms with E-state index < -0.39 is 0 Å². The monoisotopic (exact) mass is 412 g/mol. The van der Waals surface area contributed by atoms with Crippen molar-refractivity contribution in [1.82, 2.24) is 0 Å². The minimum absolute atomic E-state index is 0.305. The van der Waals surface area contributed by atoms with Crippen molar-refractivity contribution in [2.75, 3.05) is 0 Å². The molecule has 20 heavy (non-hydrogen) atoms. The fourth-order valence-corrected chi connectivity index (χ4v) is 5.17. The van der Waals surface area contributed by atoms with Gasteiger partial charge in [-0.05, 0) is 57.9 Å². The number of hydrogen-bond acceptors (Lipinski definition) is 1. The molecule has 0 amide bonds. The second-order valence-corrected chi connectivity index (χ2v) is 8.92. The highest BCUT2D eigenvalue weighted by Crippen LogP contribution is 2.38. The van der Waals surface area contributed by atoms with E-state index in [1.807, 2.05) is 0 Å². The lowest BCUT2D eigenvalue weighted by Crippen LogP contribution is -2.04. The number of benzene rings is 1. The smallest absolute Gasteiger partial charge is 0.0738 e. The van der Waals surface area contributed by atoms with Gasteiger partial charge in [0.1, 0.15) is 0 Å². The molecular weight excluding hydrogens is 396 g/mol. The maximum Gasteiger partial charge on any atom is 0.0738 e. The predicted octanol–water partition coefficient (Wildman–Crippen LogP) is 7.04. The maximum atomic E-state index is 3.82.